The summed E-state index contributed by atoms with van der Waals surface area (Å²) in [6.45, 7) is 1.18. The number of aliphatic hydroxyl groups is 1. The quantitative estimate of drug-likeness (QED) is 0.195. The van der Waals surface area contributed by atoms with Crippen molar-refractivity contribution in [3.63, 3.8) is 0 Å². The molecular formula is C34H28F2N4O5S. The Balaban J connectivity index is 1.09. The van der Waals surface area contributed by atoms with E-state index in [-0.39, 0.29) is 47.4 Å². The number of benzene rings is 2. The zero-order valence-corrected chi connectivity index (χ0v) is 25.3. The van der Waals surface area contributed by atoms with E-state index in [1.807, 2.05) is 4.57 Å². The van der Waals surface area contributed by atoms with Gasteiger partial charge in [0.05, 0.1) is 46.0 Å². The summed E-state index contributed by atoms with van der Waals surface area (Å²) in [6, 6.07) is 11.7. The first-order chi connectivity index (χ1) is 22.2. The number of aromatic carboxylic acids is 1. The normalized spacial score (nSPS) is 16.7. The van der Waals surface area contributed by atoms with Crippen molar-refractivity contribution in [3.05, 3.63) is 93.2 Å². The number of ether oxygens (including phenoxy) is 2. The molecule has 1 atom stereocenters. The molecule has 2 aromatic carbocycles. The minimum Gasteiger partial charge on any atom is -0.478 e. The molecule has 0 amide bonds. The lowest BCUT2D eigenvalue weighted by Crippen LogP contribution is -2.34. The number of imidazole rings is 1. The number of carbonyl (C=O) groups is 1. The Kier molecular flexibility index (Phi) is 7.98. The number of fused-ring (bicyclic) bond motifs is 1. The van der Waals surface area contributed by atoms with E-state index >= 15 is 8.78 Å². The van der Waals surface area contributed by atoms with Crippen molar-refractivity contribution >= 4 is 28.3 Å². The predicted octanol–water partition coefficient (Wildman–Crippen LogP) is 5.76. The number of carboxylic acid groups (broad SMARTS) is 1. The van der Waals surface area contributed by atoms with Crippen LogP contribution in [0.15, 0.2) is 54.7 Å². The van der Waals surface area contributed by atoms with Crippen LogP contribution in [0.3, 0.4) is 0 Å². The number of thiazole rings is 1. The smallest absolute Gasteiger partial charge is 0.335 e. The number of aromatic nitrogens is 4. The molecule has 3 aromatic heterocycles. The van der Waals surface area contributed by atoms with Crippen molar-refractivity contribution in [2.24, 2.45) is 0 Å². The molecule has 0 bridgehead atoms. The zero-order chi connectivity index (χ0) is 31.8. The molecule has 5 aromatic rings. The third-order valence-corrected chi connectivity index (χ3v) is 9.12. The Labute approximate surface area is 266 Å². The van der Waals surface area contributed by atoms with Crippen LogP contribution in [0.25, 0.3) is 22.3 Å². The molecule has 0 spiro atoms. The number of nitrogens with zero attached hydrogens (tertiary/aromatic N) is 4. The van der Waals surface area contributed by atoms with E-state index in [4.69, 9.17) is 9.47 Å². The summed E-state index contributed by atoms with van der Waals surface area (Å²) in [7, 11) is 0. The van der Waals surface area contributed by atoms with Crippen LogP contribution in [-0.4, -0.2) is 54.0 Å². The average Bonchev–Trinajstić information content (AvgIpc) is 3.61. The third kappa shape index (κ3) is 6.22. The molecule has 234 valence electrons. The number of rotatable bonds is 9. The molecule has 1 aliphatic heterocycles. The van der Waals surface area contributed by atoms with Crippen molar-refractivity contribution in [1.29, 1.82) is 0 Å². The minimum absolute atomic E-state index is 0.0110. The summed E-state index contributed by atoms with van der Waals surface area (Å²) in [4.78, 5) is 25.6. The van der Waals surface area contributed by atoms with Gasteiger partial charge >= 0.3 is 5.97 Å². The molecule has 46 heavy (non-hydrogen) atoms. The van der Waals surface area contributed by atoms with Crippen LogP contribution < -0.4 is 4.74 Å². The summed E-state index contributed by atoms with van der Waals surface area (Å²) in [6.07, 6.45) is 4.73. The van der Waals surface area contributed by atoms with Gasteiger partial charge in [-0.1, -0.05) is 17.9 Å². The first kappa shape index (κ1) is 30.0. The van der Waals surface area contributed by atoms with Gasteiger partial charge in [-0.15, -0.1) is 11.3 Å². The van der Waals surface area contributed by atoms with E-state index in [1.165, 1.54) is 23.5 Å². The molecular weight excluding hydrogens is 614 g/mol. The summed E-state index contributed by atoms with van der Waals surface area (Å²) in [5.74, 6) is 4.23. The van der Waals surface area contributed by atoms with Crippen LogP contribution in [0.5, 0.6) is 5.88 Å². The van der Waals surface area contributed by atoms with Crippen molar-refractivity contribution in [1.82, 2.24) is 19.5 Å². The van der Waals surface area contributed by atoms with Crippen LogP contribution in [0, 0.1) is 23.5 Å². The van der Waals surface area contributed by atoms with Gasteiger partial charge in [-0.25, -0.2) is 28.5 Å². The Bertz CT molecular complexity index is 2020. The monoisotopic (exact) mass is 642 g/mol. The summed E-state index contributed by atoms with van der Waals surface area (Å²) in [5.41, 5.74) is 0.661. The molecule has 1 saturated heterocycles. The molecule has 0 unspecified atom stereocenters. The van der Waals surface area contributed by atoms with Crippen molar-refractivity contribution in [3.8, 4) is 29.0 Å². The Hall–Kier alpha value is -4.70. The first-order valence-electron chi connectivity index (χ1n) is 14.9. The number of pyridine rings is 1. The SMILES string of the molecule is O=C(O)c1ccc2nc(Cc3cc(F)c(-c4cccc(OCc5ncc(C#CC6(O)CCC6)s5)n4)cc3F)n(C[C@@H]3CCO3)c2c1. The zero-order valence-electron chi connectivity index (χ0n) is 24.5. The molecule has 12 heteroatoms. The predicted molar refractivity (Wildman–Crippen MR) is 166 cm³/mol. The van der Waals surface area contributed by atoms with Gasteiger partial charge in [0.15, 0.2) is 0 Å². The average molecular weight is 643 g/mol. The van der Waals surface area contributed by atoms with Crippen LogP contribution in [0.4, 0.5) is 8.78 Å². The minimum atomic E-state index is -1.06. The lowest BCUT2D eigenvalue weighted by atomic mass is 9.81. The molecule has 4 heterocycles. The van der Waals surface area contributed by atoms with Gasteiger partial charge in [-0.2, -0.15) is 0 Å². The maximum atomic E-state index is 15.5. The molecule has 7 rings (SSSR count). The molecule has 0 radical (unpaired) electrons. The maximum absolute atomic E-state index is 15.5. The highest BCUT2D eigenvalue weighted by molar-refractivity contribution is 7.12. The highest BCUT2D eigenvalue weighted by atomic mass is 32.1. The van der Waals surface area contributed by atoms with Gasteiger partial charge in [-0.05, 0) is 67.6 Å². The fraction of sp³-hybridized carbons (Fsp3) is 0.294. The number of hydrogen-bond donors (Lipinski definition) is 2. The van der Waals surface area contributed by atoms with E-state index in [0.29, 0.717) is 47.9 Å². The van der Waals surface area contributed by atoms with Crippen LogP contribution in [0.2, 0.25) is 0 Å². The Morgan fingerprint density at radius 3 is 2.74 bits per heavy atom. The van der Waals surface area contributed by atoms with Gasteiger partial charge in [0, 0.05) is 24.7 Å². The van der Waals surface area contributed by atoms with Crippen molar-refractivity contribution in [2.45, 2.75) is 57.0 Å². The molecule has 2 aliphatic rings. The Morgan fingerprint density at radius 1 is 1.15 bits per heavy atom. The second-order valence-corrected chi connectivity index (χ2v) is 12.5. The maximum Gasteiger partial charge on any atom is 0.335 e. The van der Waals surface area contributed by atoms with E-state index in [9.17, 15) is 15.0 Å². The number of hydrogen-bond acceptors (Lipinski definition) is 8. The van der Waals surface area contributed by atoms with E-state index in [0.717, 1.165) is 29.9 Å². The van der Waals surface area contributed by atoms with E-state index < -0.39 is 23.2 Å². The third-order valence-electron chi connectivity index (χ3n) is 8.23. The first-order valence-corrected chi connectivity index (χ1v) is 15.7. The molecule has 2 fully saturated rings. The van der Waals surface area contributed by atoms with Crippen LogP contribution in [-0.2, 0) is 24.3 Å². The summed E-state index contributed by atoms with van der Waals surface area (Å²) < 4.78 is 44.3. The van der Waals surface area contributed by atoms with Crippen molar-refractivity contribution < 1.29 is 33.3 Å². The number of halogens is 2. The van der Waals surface area contributed by atoms with Crippen LogP contribution in [0.1, 0.15) is 57.3 Å². The van der Waals surface area contributed by atoms with Gasteiger partial charge in [0.2, 0.25) is 5.88 Å². The van der Waals surface area contributed by atoms with Gasteiger partial charge < -0.3 is 24.3 Å². The highest BCUT2D eigenvalue weighted by Crippen LogP contribution is 2.31. The molecule has 1 aliphatic carbocycles. The fourth-order valence-electron chi connectivity index (χ4n) is 5.40. The second-order valence-electron chi connectivity index (χ2n) is 11.4. The lowest BCUT2D eigenvalue weighted by molar-refractivity contribution is -0.0589. The van der Waals surface area contributed by atoms with E-state index in [2.05, 4.69) is 26.8 Å². The standard InChI is InChI=1S/C34H28F2N4O5S/c35-25-16-24(27-3-1-4-31(39-27)45-19-32-37-17-23(46-32)7-11-34(43)9-2-10-34)26(36)13-21(25)15-30-38-28-6-5-20(33(41)42)14-29(28)40(30)18-22-8-12-44-22/h1,3-6,13-14,16-17,22,43H,2,8-10,12,15,18-19H2,(H,41,42)/t22-/m0/s1. The number of carboxylic acids is 1. The summed E-state index contributed by atoms with van der Waals surface area (Å²) >= 11 is 1.35. The summed E-state index contributed by atoms with van der Waals surface area (Å²) in [5, 5.41) is 20.3. The largest absolute Gasteiger partial charge is 0.478 e. The molecule has 2 N–H and O–H groups in total. The molecule has 9 nitrogen and oxygen atoms in total. The van der Waals surface area contributed by atoms with Gasteiger partial charge in [-0.3, -0.25) is 0 Å². The lowest BCUT2D eigenvalue weighted by Gasteiger charge is -2.30. The van der Waals surface area contributed by atoms with Crippen molar-refractivity contribution in [2.75, 3.05) is 6.61 Å². The Morgan fingerprint density at radius 2 is 2.00 bits per heavy atom. The highest BCUT2D eigenvalue weighted by Gasteiger charge is 2.32. The topological polar surface area (TPSA) is 120 Å². The molecule has 1 saturated carbocycles. The van der Waals surface area contributed by atoms with Gasteiger partial charge in [0.25, 0.3) is 0 Å². The fourth-order valence-corrected chi connectivity index (χ4v) is 6.08. The second kappa shape index (κ2) is 12.2. The van der Waals surface area contributed by atoms with Gasteiger partial charge in [0.1, 0.15) is 34.7 Å². The van der Waals surface area contributed by atoms with E-state index in [1.54, 1.807) is 30.5 Å². The van der Waals surface area contributed by atoms with Crippen LogP contribution >= 0.6 is 11.3 Å².